The van der Waals surface area contributed by atoms with E-state index >= 15 is 0 Å². The van der Waals surface area contributed by atoms with Gasteiger partial charge >= 0.3 is 0 Å². The Bertz CT molecular complexity index is 943. The Morgan fingerprint density at radius 2 is 1.56 bits per heavy atom. The lowest BCUT2D eigenvalue weighted by molar-refractivity contribution is -0.132. The number of amides is 2. The molecule has 1 N–H and O–H groups in total. The smallest absolute Gasteiger partial charge is 0.238 e. The molecule has 2 aromatic carbocycles. The third-order valence-electron chi connectivity index (χ3n) is 6.52. The molecule has 2 saturated heterocycles. The van der Waals surface area contributed by atoms with E-state index in [-0.39, 0.29) is 11.8 Å². The molecule has 32 heavy (non-hydrogen) atoms. The largest absolute Gasteiger partial charge is 0.372 e. The van der Waals surface area contributed by atoms with Gasteiger partial charge in [-0.05, 0) is 56.0 Å². The van der Waals surface area contributed by atoms with E-state index in [1.54, 1.807) is 0 Å². The van der Waals surface area contributed by atoms with Gasteiger partial charge in [0, 0.05) is 50.6 Å². The summed E-state index contributed by atoms with van der Waals surface area (Å²) in [5.41, 5.74) is 5.46. The van der Waals surface area contributed by atoms with Crippen LogP contribution in [0, 0.1) is 13.8 Å². The number of carbonyl (C=O) groups is 2. The molecule has 6 heteroatoms. The van der Waals surface area contributed by atoms with E-state index in [1.165, 1.54) is 24.1 Å². The normalized spacial score (nSPS) is 16.9. The van der Waals surface area contributed by atoms with E-state index in [4.69, 9.17) is 0 Å². The first-order valence-corrected chi connectivity index (χ1v) is 11.7. The predicted octanol–water partition coefficient (Wildman–Crippen LogP) is 3.23. The number of hydrogen-bond donors (Lipinski definition) is 1. The first kappa shape index (κ1) is 22.3. The van der Waals surface area contributed by atoms with Crippen molar-refractivity contribution in [3.05, 3.63) is 59.2 Å². The minimum absolute atomic E-state index is 0.00135. The van der Waals surface area contributed by atoms with Crippen LogP contribution in [0.2, 0.25) is 0 Å². The second-order valence-electron chi connectivity index (χ2n) is 9.06. The van der Waals surface area contributed by atoms with Crippen molar-refractivity contribution in [2.75, 3.05) is 56.0 Å². The molecule has 2 amide bonds. The Labute approximate surface area is 191 Å². The van der Waals surface area contributed by atoms with Gasteiger partial charge in [-0.2, -0.15) is 0 Å². The molecule has 2 heterocycles. The fraction of sp³-hybridized carbons (Fsp3) is 0.462. The molecule has 0 unspecified atom stereocenters. The molecule has 0 radical (unpaired) electrons. The number of piperazine rings is 1. The number of benzene rings is 2. The second kappa shape index (κ2) is 10.2. The van der Waals surface area contributed by atoms with Crippen LogP contribution in [0.5, 0.6) is 0 Å². The molecule has 2 aliphatic heterocycles. The summed E-state index contributed by atoms with van der Waals surface area (Å²) in [5, 5.41) is 3.07. The second-order valence-corrected chi connectivity index (χ2v) is 9.06. The Morgan fingerprint density at radius 3 is 2.22 bits per heavy atom. The number of anilines is 2. The van der Waals surface area contributed by atoms with Crippen molar-refractivity contribution >= 4 is 23.2 Å². The Hall–Kier alpha value is -2.86. The first-order valence-electron chi connectivity index (χ1n) is 11.7. The molecule has 0 bridgehead atoms. The van der Waals surface area contributed by atoms with Gasteiger partial charge in [0.15, 0.2) is 0 Å². The highest BCUT2D eigenvalue weighted by Gasteiger charge is 2.23. The molecule has 0 spiro atoms. The zero-order valence-corrected chi connectivity index (χ0v) is 19.3. The summed E-state index contributed by atoms with van der Waals surface area (Å²) in [4.78, 5) is 31.7. The summed E-state index contributed by atoms with van der Waals surface area (Å²) >= 11 is 0. The van der Waals surface area contributed by atoms with Gasteiger partial charge in [-0.15, -0.1) is 0 Å². The number of carbonyl (C=O) groups excluding carboxylic acids is 2. The van der Waals surface area contributed by atoms with Gasteiger partial charge in [0.25, 0.3) is 0 Å². The minimum Gasteiger partial charge on any atom is -0.372 e. The number of hydrogen-bond acceptors (Lipinski definition) is 4. The van der Waals surface area contributed by atoms with Crippen molar-refractivity contribution in [1.82, 2.24) is 9.80 Å². The van der Waals surface area contributed by atoms with Crippen LogP contribution in [0.1, 0.15) is 29.5 Å². The maximum Gasteiger partial charge on any atom is 0.238 e. The van der Waals surface area contributed by atoms with Crippen LogP contribution >= 0.6 is 0 Å². The zero-order chi connectivity index (χ0) is 22.5. The number of nitrogens with one attached hydrogen (secondary N) is 1. The maximum atomic E-state index is 12.6. The number of nitrogens with zero attached hydrogens (tertiary/aromatic N) is 3. The van der Waals surface area contributed by atoms with Crippen molar-refractivity contribution in [1.29, 1.82) is 0 Å². The SMILES string of the molecule is Cc1ccc(CC(=O)N2CCN(CC(=O)Nc3ccc(N4CCCC4)cc3C)CC2)cc1. The highest BCUT2D eigenvalue weighted by atomic mass is 16.2. The molecule has 2 aromatic rings. The lowest BCUT2D eigenvalue weighted by atomic mass is 10.1. The molecule has 2 fully saturated rings. The summed E-state index contributed by atoms with van der Waals surface area (Å²) in [5.74, 6) is 0.160. The van der Waals surface area contributed by atoms with E-state index in [9.17, 15) is 9.59 Å². The van der Waals surface area contributed by atoms with Crippen molar-refractivity contribution < 1.29 is 9.59 Å². The fourth-order valence-electron chi connectivity index (χ4n) is 4.50. The number of aryl methyl sites for hydroxylation is 2. The van der Waals surface area contributed by atoms with Crippen molar-refractivity contribution in [2.24, 2.45) is 0 Å². The van der Waals surface area contributed by atoms with E-state index in [2.05, 4.69) is 27.2 Å². The van der Waals surface area contributed by atoms with Crippen molar-refractivity contribution in [2.45, 2.75) is 33.1 Å². The zero-order valence-electron chi connectivity index (χ0n) is 19.3. The highest BCUT2D eigenvalue weighted by molar-refractivity contribution is 5.93. The van der Waals surface area contributed by atoms with E-state index < -0.39 is 0 Å². The molecule has 0 saturated carbocycles. The van der Waals surface area contributed by atoms with Gasteiger partial charge in [-0.3, -0.25) is 14.5 Å². The predicted molar refractivity (Wildman–Crippen MR) is 129 cm³/mol. The molecule has 6 nitrogen and oxygen atoms in total. The summed E-state index contributed by atoms with van der Waals surface area (Å²) in [6.07, 6.45) is 2.94. The molecule has 2 aliphatic rings. The van der Waals surface area contributed by atoms with Gasteiger partial charge in [0.1, 0.15) is 0 Å². The van der Waals surface area contributed by atoms with Crippen LogP contribution in [0.15, 0.2) is 42.5 Å². The maximum absolute atomic E-state index is 12.6. The summed E-state index contributed by atoms with van der Waals surface area (Å²) in [6.45, 7) is 9.46. The van der Waals surface area contributed by atoms with Crippen LogP contribution < -0.4 is 10.2 Å². The van der Waals surface area contributed by atoms with Crippen molar-refractivity contribution in [3.8, 4) is 0 Å². The Balaban J connectivity index is 1.23. The Kier molecular flexibility index (Phi) is 7.10. The topological polar surface area (TPSA) is 55.9 Å². The molecule has 170 valence electrons. The third-order valence-corrected chi connectivity index (χ3v) is 6.52. The number of rotatable bonds is 6. The average Bonchev–Trinajstić information content (AvgIpc) is 3.32. The standard InChI is InChI=1S/C26H34N4O2/c1-20-5-7-22(8-6-20)18-26(32)30-15-13-28(14-16-30)19-25(31)27-24-10-9-23(17-21(24)2)29-11-3-4-12-29/h5-10,17H,3-4,11-16,18-19H2,1-2H3,(H,27,31). The first-order chi connectivity index (χ1) is 15.5. The van der Waals surface area contributed by atoms with Crippen LogP contribution in [0.3, 0.4) is 0 Å². The molecule has 0 atom stereocenters. The molecular formula is C26H34N4O2. The quantitative estimate of drug-likeness (QED) is 0.759. The van der Waals surface area contributed by atoms with Gasteiger partial charge < -0.3 is 15.1 Å². The highest BCUT2D eigenvalue weighted by Crippen LogP contribution is 2.25. The van der Waals surface area contributed by atoms with Gasteiger partial charge in [-0.25, -0.2) is 0 Å². The van der Waals surface area contributed by atoms with Crippen LogP contribution in [0.25, 0.3) is 0 Å². The average molecular weight is 435 g/mol. The van der Waals surface area contributed by atoms with Crippen LogP contribution in [-0.2, 0) is 16.0 Å². The fourth-order valence-corrected chi connectivity index (χ4v) is 4.50. The molecule has 0 aromatic heterocycles. The monoisotopic (exact) mass is 434 g/mol. The summed E-state index contributed by atoms with van der Waals surface area (Å²) in [7, 11) is 0. The summed E-state index contributed by atoms with van der Waals surface area (Å²) in [6, 6.07) is 14.4. The van der Waals surface area contributed by atoms with Gasteiger partial charge in [0.2, 0.25) is 11.8 Å². The lowest BCUT2D eigenvalue weighted by Gasteiger charge is -2.34. The molecular weight excluding hydrogens is 400 g/mol. The van der Waals surface area contributed by atoms with Gasteiger partial charge in [-0.1, -0.05) is 29.8 Å². The third kappa shape index (κ3) is 5.68. The molecule has 4 rings (SSSR count). The van der Waals surface area contributed by atoms with Crippen LogP contribution in [0.4, 0.5) is 11.4 Å². The van der Waals surface area contributed by atoms with Crippen LogP contribution in [-0.4, -0.2) is 67.4 Å². The van der Waals surface area contributed by atoms with E-state index in [0.717, 1.165) is 43.0 Å². The Morgan fingerprint density at radius 1 is 0.875 bits per heavy atom. The van der Waals surface area contributed by atoms with Crippen molar-refractivity contribution in [3.63, 3.8) is 0 Å². The van der Waals surface area contributed by atoms with E-state index in [0.29, 0.717) is 26.1 Å². The summed E-state index contributed by atoms with van der Waals surface area (Å²) < 4.78 is 0. The minimum atomic E-state index is 0.00135. The molecule has 0 aliphatic carbocycles. The lowest BCUT2D eigenvalue weighted by Crippen LogP contribution is -2.50. The van der Waals surface area contributed by atoms with E-state index in [1.807, 2.05) is 49.1 Å². The van der Waals surface area contributed by atoms with Gasteiger partial charge in [0.05, 0.1) is 13.0 Å².